The van der Waals surface area contributed by atoms with Gasteiger partial charge in [-0.15, -0.1) is 0 Å². The summed E-state index contributed by atoms with van der Waals surface area (Å²) in [5, 5.41) is 2.18. The topological polar surface area (TPSA) is 43.4 Å². The molecule has 1 aromatic carbocycles. The lowest BCUT2D eigenvalue weighted by Crippen LogP contribution is -2.07. The summed E-state index contributed by atoms with van der Waals surface area (Å²) >= 11 is 0. The van der Waals surface area contributed by atoms with E-state index in [1.165, 1.54) is 0 Å². The van der Waals surface area contributed by atoms with Crippen molar-refractivity contribution in [2.45, 2.75) is 41.5 Å². The molecule has 3 rings (SSSR count). The van der Waals surface area contributed by atoms with Crippen molar-refractivity contribution in [2.24, 2.45) is 0 Å². The van der Waals surface area contributed by atoms with Gasteiger partial charge >= 0.3 is 5.63 Å². The van der Waals surface area contributed by atoms with Crippen LogP contribution in [0.5, 0.6) is 0 Å². The van der Waals surface area contributed by atoms with Crippen LogP contribution >= 0.6 is 0 Å². The lowest BCUT2D eigenvalue weighted by Gasteiger charge is -2.11. The zero-order chi connectivity index (χ0) is 14.8. The fourth-order valence-corrected chi connectivity index (χ4v) is 3.02. The molecule has 3 aromatic rings. The minimum absolute atomic E-state index is 0.267. The molecule has 0 N–H and O–H groups in total. The molecule has 104 valence electrons. The summed E-state index contributed by atoms with van der Waals surface area (Å²) in [5.41, 5.74) is 6.07. The third-order valence-corrected chi connectivity index (χ3v) is 4.48. The van der Waals surface area contributed by atoms with Crippen LogP contribution in [0.1, 0.15) is 33.6 Å². The van der Waals surface area contributed by atoms with Gasteiger partial charge in [0.2, 0.25) is 0 Å². The number of fused-ring (bicyclic) bond motifs is 2. The second-order valence-electron chi connectivity index (χ2n) is 5.58. The maximum absolute atomic E-state index is 11.9. The fourth-order valence-electron chi connectivity index (χ4n) is 3.02. The van der Waals surface area contributed by atoms with Crippen LogP contribution < -0.4 is 5.63 Å². The van der Waals surface area contributed by atoms with Gasteiger partial charge in [0.25, 0.3) is 0 Å². The maximum Gasteiger partial charge on any atom is 0.339 e. The number of furan rings is 1. The molecule has 0 unspecified atom stereocenters. The van der Waals surface area contributed by atoms with Crippen LogP contribution in [0.2, 0.25) is 0 Å². The molecule has 0 atom stereocenters. The zero-order valence-electron chi connectivity index (χ0n) is 12.7. The molecule has 2 aromatic heterocycles. The Hall–Kier alpha value is -2.03. The second-order valence-corrected chi connectivity index (χ2v) is 5.58. The molecular formula is C17H18O3. The van der Waals surface area contributed by atoms with E-state index in [0.29, 0.717) is 11.1 Å². The first-order valence-corrected chi connectivity index (χ1v) is 6.77. The Bertz CT molecular complexity index is 923. The van der Waals surface area contributed by atoms with E-state index in [0.717, 1.165) is 44.4 Å². The molecule has 2 heterocycles. The lowest BCUT2D eigenvalue weighted by molar-refractivity contribution is 0.546. The summed E-state index contributed by atoms with van der Waals surface area (Å²) in [5.74, 6) is 0.915. The molecule has 0 saturated carbocycles. The Morgan fingerprint density at radius 2 is 1.15 bits per heavy atom. The first-order valence-electron chi connectivity index (χ1n) is 6.77. The Morgan fingerprint density at radius 3 is 1.80 bits per heavy atom. The minimum atomic E-state index is -0.267. The predicted molar refractivity (Wildman–Crippen MR) is 80.7 cm³/mol. The van der Waals surface area contributed by atoms with Crippen LogP contribution in [0.4, 0.5) is 0 Å². The van der Waals surface area contributed by atoms with Crippen molar-refractivity contribution >= 4 is 21.9 Å². The van der Waals surface area contributed by atoms with Gasteiger partial charge in [-0.3, -0.25) is 0 Å². The number of aryl methyl sites for hydroxylation is 5. The average molecular weight is 270 g/mol. The van der Waals surface area contributed by atoms with E-state index in [2.05, 4.69) is 13.8 Å². The number of benzene rings is 1. The summed E-state index contributed by atoms with van der Waals surface area (Å²) in [6.45, 7) is 11.8. The van der Waals surface area contributed by atoms with Gasteiger partial charge in [-0.2, -0.15) is 0 Å². The molecule has 0 radical (unpaired) electrons. The van der Waals surface area contributed by atoms with Crippen LogP contribution in [0.25, 0.3) is 21.9 Å². The van der Waals surface area contributed by atoms with E-state index in [1.807, 2.05) is 27.7 Å². The zero-order valence-corrected chi connectivity index (χ0v) is 12.7. The van der Waals surface area contributed by atoms with Gasteiger partial charge in [0, 0.05) is 21.9 Å². The Kier molecular flexibility index (Phi) is 2.58. The highest BCUT2D eigenvalue weighted by atomic mass is 16.4. The van der Waals surface area contributed by atoms with Crippen molar-refractivity contribution in [3.63, 3.8) is 0 Å². The molecular weight excluding hydrogens is 252 g/mol. The predicted octanol–water partition coefficient (Wildman–Crippen LogP) is 4.39. The second kappa shape index (κ2) is 3.98. The molecule has 0 fully saturated rings. The van der Waals surface area contributed by atoms with Crippen molar-refractivity contribution in [2.75, 3.05) is 0 Å². The molecule has 0 aliphatic rings. The van der Waals surface area contributed by atoms with Crippen LogP contribution in [-0.2, 0) is 0 Å². The van der Waals surface area contributed by atoms with Gasteiger partial charge in [0.05, 0.1) is 0 Å². The largest absolute Gasteiger partial charge is 0.461 e. The van der Waals surface area contributed by atoms with Crippen LogP contribution in [-0.4, -0.2) is 0 Å². The standard InChI is InChI=1S/C17H18O3/c1-7-8(2)17(18)20-16-11(5)15-14(10(4)13(7)16)9(3)12(6)19-15/h1-6H3. The van der Waals surface area contributed by atoms with E-state index < -0.39 is 0 Å². The van der Waals surface area contributed by atoms with E-state index >= 15 is 0 Å². The maximum atomic E-state index is 11.9. The molecule has 0 saturated heterocycles. The number of hydrogen-bond acceptors (Lipinski definition) is 3. The first kappa shape index (κ1) is 13.0. The van der Waals surface area contributed by atoms with Crippen molar-refractivity contribution in [1.82, 2.24) is 0 Å². The summed E-state index contributed by atoms with van der Waals surface area (Å²) in [6, 6.07) is 0. The quantitative estimate of drug-likeness (QED) is 0.569. The smallest absolute Gasteiger partial charge is 0.339 e. The molecule has 0 spiro atoms. The van der Waals surface area contributed by atoms with Crippen LogP contribution in [0.15, 0.2) is 13.6 Å². The summed E-state index contributed by atoms with van der Waals surface area (Å²) in [6.07, 6.45) is 0. The van der Waals surface area contributed by atoms with E-state index in [-0.39, 0.29) is 5.63 Å². The Morgan fingerprint density at radius 1 is 0.600 bits per heavy atom. The van der Waals surface area contributed by atoms with Crippen molar-refractivity contribution < 1.29 is 8.83 Å². The molecule has 3 heteroatoms. The summed E-state index contributed by atoms with van der Waals surface area (Å²) < 4.78 is 11.4. The van der Waals surface area contributed by atoms with E-state index in [4.69, 9.17) is 8.83 Å². The SMILES string of the molecule is Cc1oc2c(C)c3oc(=O)c(C)c(C)c3c(C)c2c1C. The van der Waals surface area contributed by atoms with Crippen LogP contribution in [0, 0.1) is 41.5 Å². The van der Waals surface area contributed by atoms with Gasteiger partial charge in [-0.1, -0.05) is 0 Å². The fraction of sp³-hybridized carbons (Fsp3) is 0.353. The van der Waals surface area contributed by atoms with Gasteiger partial charge in [0.15, 0.2) is 0 Å². The van der Waals surface area contributed by atoms with Gasteiger partial charge in [-0.05, 0) is 58.2 Å². The minimum Gasteiger partial charge on any atom is -0.461 e. The van der Waals surface area contributed by atoms with Crippen LogP contribution in [0.3, 0.4) is 0 Å². The number of rotatable bonds is 0. The molecule has 3 nitrogen and oxygen atoms in total. The number of hydrogen-bond donors (Lipinski definition) is 0. The molecule has 0 amide bonds. The molecule has 20 heavy (non-hydrogen) atoms. The average Bonchev–Trinajstić information content (AvgIpc) is 2.70. The van der Waals surface area contributed by atoms with Crippen molar-refractivity contribution in [1.29, 1.82) is 0 Å². The summed E-state index contributed by atoms with van der Waals surface area (Å²) in [4.78, 5) is 11.9. The Labute approximate surface area is 117 Å². The normalized spacial score (nSPS) is 11.7. The highest BCUT2D eigenvalue weighted by molar-refractivity contribution is 6.03. The summed E-state index contributed by atoms with van der Waals surface area (Å²) in [7, 11) is 0. The van der Waals surface area contributed by atoms with Crippen molar-refractivity contribution in [3.05, 3.63) is 44.0 Å². The highest BCUT2D eigenvalue weighted by Crippen LogP contribution is 2.37. The van der Waals surface area contributed by atoms with E-state index in [1.54, 1.807) is 0 Å². The molecule has 0 bridgehead atoms. The van der Waals surface area contributed by atoms with E-state index in [9.17, 15) is 4.79 Å². The highest BCUT2D eigenvalue weighted by Gasteiger charge is 2.20. The van der Waals surface area contributed by atoms with Gasteiger partial charge < -0.3 is 8.83 Å². The van der Waals surface area contributed by atoms with Crippen molar-refractivity contribution in [3.8, 4) is 0 Å². The van der Waals surface area contributed by atoms with Gasteiger partial charge in [0.1, 0.15) is 16.9 Å². The Balaban J connectivity index is 2.74. The monoisotopic (exact) mass is 270 g/mol. The molecule has 0 aliphatic carbocycles. The van der Waals surface area contributed by atoms with Gasteiger partial charge in [-0.25, -0.2) is 4.79 Å². The lowest BCUT2D eigenvalue weighted by atomic mass is 9.95. The first-order chi connectivity index (χ1) is 9.34. The third kappa shape index (κ3) is 1.43. The third-order valence-electron chi connectivity index (χ3n) is 4.48. The molecule has 0 aliphatic heterocycles.